The van der Waals surface area contributed by atoms with Gasteiger partial charge in [-0.05, 0) is 58.1 Å². The molecule has 4 nitrogen and oxygen atoms in total. The van der Waals surface area contributed by atoms with Crippen molar-refractivity contribution in [3.8, 4) is 0 Å². The van der Waals surface area contributed by atoms with E-state index in [1.807, 2.05) is 27.7 Å². The van der Waals surface area contributed by atoms with Crippen LogP contribution in [0.4, 0.5) is 13.2 Å². The second-order valence-corrected chi connectivity index (χ2v) is 9.65. The fourth-order valence-corrected chi connectivity index (χ4v) is 3.39. The molecule has 1 aromatic rings. The summed E-state index contributed by atoms with van der Waals surface area (Å²) in [6.45, 7) is 12.8. The Kier molecular flexibility index (Phi) is 6.55. The number of hydrogen-bond donors (Lipinski definition) is 1. The van der Waals surface area contributed by atoms with Gasteiger partial charge in [-0.1, -0.05) is 18.2 Å². The number of benzene rings is 1. The van der Waals surface area contributed by atoms with Crippen LogP contribution in [0.2, 0.25) is 0 Å². The van der Waals surface area contributed by atoms with Crippen molar-refractivity contribution in [2.45, 2.75) is 69.6 Å². The zero-order valence-corrected chi connectivity index (χ0v) is 17.6. The minimum Gasteiger partial charge on any atom is -0.399 e. The summed E-state index contributed by atoms with van der Waals surface area (Å²) in [5, 5.41) is 5.03. The van der Waals surface area contributed by atoms with Gasteiger partial charge in [0.15, 0.2) is 0 Å². The van der Waals surface area contributed by atoms with Crippen molar-refractivity contribution in [3.63, 3.8) is 0 Å². The molecule has 0 aromatic heterocycles. The molecular weight excluding hydrogens is 390 g/mol. The van der Waals surface area contributed by atoms with Crippen LogP contribution >= 0.6 is 0 Å². The van der Waals surface area contributed by atoms with E-state index in [2.05, 4.69) is 6.58 Å². The SMILES string of the molecule is C=C[C@@H](CC(C)S(N)=O)c1cc(B2OC(C)(C)C(C)(C)O2)cc(C(F)(F)F)c1. The lowest BCUT2D eigenvalue weighted by Gasteiger charge is -2.32. The first-order chi connectivity index (χ1) is 12.7. The molecular formula is C19H27BF3NO3S. The number of nitrogens with two attached hydrogens (primary N) is 1. The van der Waals surface area contributed by atoms with E-state index in [1.165, 1.54) is 0 Å². The van der Waals surface area contributed by atoms with E-state index in [0.717, 1.165) is 12.1 Å². The molecule has 2 unspecified atom stereocenters. The fraction of sp³-hybridized carbons (Fsp3) is 0.579. The zero-order chi connectivity index (χ0) is 21.5. The second-order valence-electron chi connectivity index (χ2n) is 8.19. The smallest absolute Gasteiger partial charge is 0.399 e. The minimum absolute atomic E-state index is 0.289. The van der Waals surface area contributed by atoms with Gasteiger partial charge in [-0.2, -0.15) is 13.2 Å². The van der Waals surface area contributed by atoms with Crippen LogP contribution in [0.5, 0.6) is 0 Å². The molecule has 2 N–H and O–H groups in total. The molecule has 0 radical (unpaired) electrons. The van der Waals surface area contributed by atoms with E-state index >= 15 is 0 Å². The van der Waals surface area contributed by atoms with E-state index < -0.39 is 52.2 Å². The van der Waals surface area contributed by atoms with Crippen molar-refractivity contribution >= 4 is 23.6 Å². The van der Waals surface area contributed by atoms with Gasteiger partial charge in [-0.25, -0.2) is 4.21 Å². The molecule has 3 atom stereocenters. The first kappa shape index (κ1) is 23.1. The molecule has 1 fully saturated rings. The van der Waals surface area contributed by atoms with Gasteiger partial charge in [0.25, 0.3) is 0 Å². The lowest BCUT2D eigenvalue weighted by atomic mass is 9.76. The van der Waals surface area contributed by atoms with Crippen LogP contribution in [0.3, 0.4) is 0 Å². The van der Waals surface area contributed by atoms with Crippen LogP contribution in [0.25, 0.3) is 0 Å². The molecule has 28 heavy (non-hydrogen) atoms. The Morgan fingerprint density at radius 3 is 2.18 bits per heavy atom. The van der Waals surface area contributed by atoms with Crippen LogP contribution in [0, 0.1) is 0 Å². The van der Waals surface area contributed by atoms with Gasteiger partial charge < -0.3 is 9.31 Å². The van der Waals surface area contributed by atoms with Crippen LogP contribution < -0.4 is 10.6 Å². The van der Waals surface area contributed by atoms with Crippen molar-refractivity contribution in [2.75, 3.05) is 0 Å². The van der Waals surface area contributed by atoms with Crippen LogP contribution in [-0.2, 0) is 26.5 Å². The molecule has 156 valence electrons. The van der Waals surface area contributed by atoms with Crippen molar-refractivity contribution in [1.29, 1.82) is 0 Å². The number of rotatable bonds is 6. The highest BCUT2D eigenvalue weighted by molar-refractivity contribution is 7.83. The van der Waals surface area contributed by atoms with Gasteiger partial charge in [-0.3, -0.25) is 5.14 Å². The average molecular weight is 417 g/mol. The second kappa shape index (κ2) is 7.93. The molecule has 0 spiro atoms. The number of halogens is 3. The third-order valence-corrected chi connectivity index (χ3v) is 6.51. The molecule has 0 amide bonds. The molecule has 0 aliphatic carbocycles. The maximum Gasteiger partial charge on any atom is 0.494 e. The molecule has 0 saturated carbocycles. The van der Waals surface area contributed by atoms with Crippen LogP contribution in [-0.4, -0.2) is 27.8 Å². The third kappa shape index (κ3) is 4.87. The van der Waals surface area contributed by atoms with Crippen molar-refractivity contribution in [2.24, 2.45) is 5.14 Å². The molecule has 1 aliphatic heterocycles. The van der Waals surface area contributed by atoms with E-state index in [4.69, 9.17) is 14.4 Å². The van der Waals surface area contributed by atoms with E-state index in [0.29, 0.717) is 12.0 Å². The fourth-order valence-electron chi connectivity index (χ4n) is 2.99. The van der Waals surface area contributed by atoms with E-state index in [9.17, 15) is 17.4 Å². The monoisotopic (exact) mass is 417 g/mol. The van der Waals surface area contributed by atoms with Crippen molar-refractivity contribution in [3.05, 3.63) is 42.0 Å². The van der Waals surface area contributed by atoms with Crippen LogP contribution in [0.15, 0.2) is 30.9 Å². The third-order valence-electron chi connectivity index (χ3n) is 5.53. The van der Waals surface area contributed by atoms with Crippen molar-refractivity contribution in [1.82, 2.24) is 0 Å². The lowest BCUT2D eigenvalue weighted by Crippen LogP contribution is -2.41. The van der Waals surface area contributed by atoms with Crippen LogP contribution in [0.1, 0.15) is 58.1 Å². The molecule has 1 aromatic carbocycles. The quantitative estimate of drug-likeness (QED) is 0.568. The molecule has 0 bridgehead atoms. The van der Waals surface area contributed by atoms with Gasteiger partial charge in [0.1, 0.15) is 0 Å². The van der Waals surface area contributed by atoms with E-state index in [1.54, 1.807) is 19.1 Å². The Bertz CT molecular complexity index is 751. The van der Waals surface area contributed by atoms with Gasteiger partial charge in [-0.15, -0.1) is 6.58 Å². The molecule has 9 heteroatoms. The summed E-state index contributed by atoms with van der Waals surface area (Å²) >= 11 is 0. The normalized spacial score (nSPS) is 22.0. The maximum atomic E-state index is 13.5. The Balaban J connectivity index is 2.49. The molecule has 2 rings (SSSR count). The first-order valence-corrected chi connectivity index (χ1v) is 10.3. The maximum absolute atomic E-state index is 13.5. The summed E-state index contributed by atoms with van der Waals surface area (Å²) in [6.07, 6.45) is -2.66. The standard InChI is InChI=1S/C19H27BF3NO3S/c1-7-13(8-12(2)28(24)25)14-9-15(19(21,22)23)11-16(10-14)20-26-17(3,4)18(5,6)27-20/h7,9-13H,1,8,24H2,2-6H3/t12?,13-,28?/m0/s1. The molecule has 1 aliphatic rings. The molecule has 1 saturated heterocycles. The highest BCUT2D eigenvalue weighted by Crippen LogP contribution is 2.38. The summed E-state index contributed by atoms with van der Waals surface area (Å²) in [5.41, 5.74) is -1.43. The lowest BCUT2D eigenvalue weighted by molar-refractivity contribution is -0.137. The largest absolute Gasteiger partial charge is 0.494 e. The van der Waals surface area contributed by atoms with Gasteiger partial charge in [0.2, 0.25) is 0 Å². The Labute approximate surface area is 167 Å². The summed E-state index contributed by atoms with van der Waals surface area (Å²) in [7, 11) is -2.50. The summed E-state index contributed by atoms with van der Waals surface area (Å²) in [6, 6.07) is 3.78. The average Bonchev–Trinajstić information content (AvgIpc) is 2.79. The summed E-state index contributed by atoms with van der Waals surface area (Å²) in [4.78, 5) is 0. The number of hydrogen-bond acceptors (Lipinski definition) is 3. The zero-order valence-electron chi connectivity index (χ0n) is 16.8. The topological polar surface area (TPSA) is 61.6 Å². The number of allylic oxidation sites excluding steroid dienone is 1. The predicted octanol–water partition coefficient (Wildman–Crippen LogP) is 3.68. The minimum atomic E-state index is -4.53. The Morgan fingerprint density at radius 2 is 1.75 bits per heavy atom. The molecule has 1 heterocycles. The van der Waals surface area contributed by atoms with Crippen molar-refractivity contribution < 1.29 is 26.7 Å². The highest BCUT2D eigenvalue weighted by Gasteiger charge is 2.52. The predicted molar refractivity (Wildman–Crippen MR) is 107 cm³/mol. The highest BCUT2D eigenvalue weighted by atomic mass is 32.2. The van der Waals surface area contributed by atoms with Gasteiger partial charge in [0.05, 0.1) is 27.8 Å². The number of alkyl halides is 3. The Morgan fingerprint density at radius 1 is 1.21 bits per heavy atom. The Hall–Kier alpha value is -1.16. The van der Waals surface area contributed by atoms with Gasteiger partial charge in [0, 0.05) is 11.2 Å². The van der Waals surface area contributed by atoms with Gasteiger partial charge >= 0.3 is 13.3 Å². The first-order valence-electron chi connectivity index (χ1n) is 9.03. The summed E-state index contributed by atoms with van der Waals surface area (Å²) < 4.78 is 63.9. The van der Waals surface area contributed by atoms with E-state index in [-0.39, 0.29) is 5.46 Å². The summed E-state index contributed by atoms with van der Waals surface area (Å²) in [5.74, 6) is -0.439.